The van der Waals surface area contributed by atoms with Gasteiger partial charge in [-0.05, 0) is 69.2 Å². The maximum atomic E-state index is 13.8. The Hall–Kier alpha value is -3.36. The molecule has 3 aromatic rings. The molecule has 0 unspecified atom stereocenters. The van der Waals surface area contributed by atoms with E-state index in [1.807, 2.05) is 13.0 Å². The van der Waals surface area contributed by atoms with E-state index in [9.17, 15) is 18.0 Å². The molecule has 0 radical (unpaired) electrons. The Morgan fingerprint density at radius 1 is 0.973 bits per heavy atom. The van der Waals surface area contributed by atoms with E-state index in [2.05, 4.69) is 5.32 Å². The zero-order valence-electron chi connectivity index (χ0n) is 21.4. The number of nitrogens with one attached hydrogen (secondary N) is 1. The molecule has 0 aliphatic rings. The van der Waals surface area contributed by atoms with Gasteiger partial charge in [-0.15, -0.1) is 0 Å². The number of sulfonamides is 1. The number of halogens is 1. The predicted molar refractivity (Wildman–Crippen MR) is 147 cm³/mol. The molecule has 9 heteroatoms. The van der Waals surface area contributed by atoms with Crippen LogP contribution in [0.1, 0.15) is 30.5 Å². The van der Waals surface area contributed by atoms with Gasteiger partial charge < -0.3 is 10.2 Å². The third-order valence-electron chi connectivity index (χ3n) is 5.99. The summed E-state index contributed by atoms with van der Waals surface area (Å²) in [5, 5.41) is 3.24. The highest BCUT2D eigenvalue weighted by molar-refractivity contribution is 7.92. The maximum absolute atomic E-state index is 13.8. The number of nitrogens with zero attached hydrogens (tertiary/aromatic N) is 2. The molecule has 1 atom stereocenters. The number of carbonyl (C=O) groups excluding carboxylic acids is 2. The van der Waals surface area contributed by atoms with Crippen LogP contribution >= 0.6 is 11.6 Å². The quantitative estimate of drug-likeness (QED) is 0.403. The van der Waals surface area contributed by atoms with Crippen LogP contribution in [0.5, 0.6) is 0 Å². The molecule has 196 valence electrons. The summed E-state index contributed by atoms with van der Waals surface area (Å²) in [4.78, 5) is 28.0. The fraction of sp³-hybridized carbons (Fsp3) is 0.286. The second-order valence-electron chi connectivity index (χ2n) is 8.84. The fourth-order valence-electron chi connectivity index (χ4n) is 4.05. The summed E-state index contributed by atoms with van der Waals surface area (Å²) < 4.78 is 28.7. The van der Waals surface area contributed by atoms with Crippen LogP contribution in [0.3, 0.4) is 0 Å². The smallest absolute Gasteiger partial charge is 0.264 e. The van der Waals surface area contributed by atoms with E-state index in [0.717, 1.165) is 15.4 Å². The van der Waals surface area contributed by atoms with Crippen LogP contribution in [-0.2, 0) is 26.2 Å². The SMILES string of the molecule is CCNC(=O)[C@H](C)N(Cc1cccc(Cl)c1)C(=O)CN(c1ccc(C)cc1C)S(=O)(=O)c1ccccc1. The van der Waals surface area contributed by atoms with Crippen molar-refractivity contribution in [1.82, 2.24) is 10.2 Å². The molecule has 0 bridgehead atoms. The molecule has 3 aromatic carbocycles. The molecule has 3 rings (SSSR count). The van der Waals surface area contributed by atoms with Crippen molar-refractivity contribution in [3.8, 4) is 0 Å². The number of likely N-dealkylation sites (N-methyl/N-ethyl adjacent to an activating group) is 1. The number of anilines is 1. The number of rotatable bonds is 10. The van der Waals surface area contributed by atoms with Crippen LogP contribution in [0.25, 0.3) is 0 Å². The van der Waals surface area contributed by atoms with Crippen LogP contribution in [0.15, 0.2) is 77.7 Å². The molecular weight excluding hydrogens is 510 g/mol. The van der Waals surface area contributed by atoms with Gasteiger partial charge in [-0.1, -0.05) is 59.6 Å². The van der Waals surface area contributed by atoms with Crippen molar-refractivity contribution in [2.24, 2.45) is 0 Å². The van der Waals surface area contributed by atoms with Gasteiger partial charge in [-0.25, -0.2) is 8.42 Å². The molecule has 0 fully saturated rings. The monoisotopic (exact) mass is 541 g/mol. The van der Waals surface area contributed by atoms with Gasteiger partial charge in [0, 0.05) is 18.1 Å². The number of hydrogen-bond acceptors (Lipinski definition) is 4. The molecule has 0 aromatic heterocycles. The summed E-state index contributed by atoms with van der Waals surface area (Å²) in [5.41, 5.74) is 2.81. The Bertz CT molecular complexity index is 1360. The first kappa shape index (κ1) is 28.2. The average molecular weight is 542 g/mol. The first-order valence-corrected chi connectivity index (χ1v) is 13.8. The fourth-order valence-corrected chi connectivity index (χ4v) is 5.77. The van der Waals surface area contributed by atoms with Gasteiger partial charge in [0.1, 0.15) is 12.6 Å². The molecule has 0 spiro atoms. The van der Waals surface area contributed by atoms with Crippen molar-refractivity contribution in [3.05, 3.63) is 94.5 Å². The second kappa shape index (κ2) is 12.3. The topological polar surface area (TPSA) is 86.8 Å². The molecule has 0 aliphatic heterocycles. The summed E-state index contributed by atoms with van der Waals surface area (Å²) in [6, 6.07) is 19.5. The van der Waals surface area contributed by atoms with Gasteiger partial charge in [0.25, 0.3) is 10.0 Å². The lowest BCUT2D eigenvalue weighted by Crippen LogP contribution is -2.51. The molecular formula is C28H32ClN3O4S. The van der Waals surface area contributed by atoms with Gasteiger partial charge in [-0.3, -0.25) is 13.9 Å². The molecule has 0 heterocycles. The zero-order chi connectivity index (χ0) is 27.2. The molecule has 0 aliphatic carbocycles. The number of carbonyl (C=O) groups is 2. The van der Waals surface area contributed by atoms with Crippen molar-refractivity contribution >= 4 is 39.1 Å². The van der Waals surface area contributed by atoms with Crippen molar-refractivity contribution in [1.29, 1.82) is 0 Å². The molecule has 0 saturated heterocycles. The predicted octanol–water partition coefficient (Wildman–Crippen LogP) is 4.71. The van der Waals surface area contributed by atoms with Crippen molar-refractivity contribution in [2.45, 2.75) is 45.2 Å². The van der Waals surface area contributed by atoms with E-state index in [1.54, 1.807) is 75.4 Å². The number of amides is 2. The summed E-state index contributed by atoms with van der Waals surface area (Å²) >= 11 is 6.15. The normalized spacial score (nSPS) is 12.0. The third-order valence-corrected chi connectivity index (χ3v) is 8.00. The highest BCUT2D eigenvalue weighted by Crippen LogP contribution is 2.28. The standard InChI is InChI=1S/C28H32ClN3O4S/c1-5-30-28(34)22(4)31(18-23-10-9-11-24(29)17-23)27(33)19-32(26-15-14-20(2)16-21(26)3)37(35,36)25-12-7-6-8-13-25/h6-17,22H,5,18-19H2,1-4H3,(H,30,34)/t22-/m0/s1. The van der Waals surface area contributed by atoms with Crippen LogP contribution < -0.4 is 9.62 Å². The minimum absolute atomic E-state index is 0.0703. The van der Waals surface area contributed by atoms with E-state index in [4.69, 9.17) is 11.6 Å². The number of aryl methyl sites for hydroxylation is 2. The maximum Gasteiger partial charge on any atom is 0.264 e. The van der Waals surface area contributed by atoms with E-state index in [-0.39, 0.29) is 17.3 Å². The Morgan fingerprint density at radius 2 is 1.68 bits per heavy atom. The Balaban J connectivity index is 2.05. The zero-order valence-corrected chi connectivity index (χ0v) is 23.0. The lowest BCUT2D eigenvalue weighted by atomic mass is 10.1. The van der Waals surface area contributed by atoms with E-state index in [0.29, 0.717) is 22.8 Å². The average Bonchev–Trinajstić information content (AvgIpc) is 2.86. The highest BCUT2D eigenvalue weighted by Gasteiger charge is 2.33. The summed E-state index contributed by atoms with van der Waals surface area (Å²) in [7, 11) is -4.09. The Kier molecular flexibility index (Phi) is 9.34. The third kappa shape index (κ3) is 6.90. The van der Waals surface area contributed by atoms with Gasteiger partial charge in [-0.2, -0.15) is 0 Å². The lowest BCUT2D eigenvalue weighted by molar-refractivity contribution is -0.139. The van der Waals surface area contributed by atoms with Crippen molar-refractivity contribution < 1.29 is 18.0 Å². The molecule has 7 nitrogen and oxygen atoms in total. The first-order chi connectivity index (χ1) is 17.5. The van der Waals surface area contributed by atoms with E-state index in [1.165, 1.54) is 17.0 Å². The minimum Gasteiger partial charge on any atom is -0.355 e. The van der Waals surface area contributed by atoms with Crippen LogP contribution in [0, 0.1) is 13.8 Å². The van der Waals surface area contributed by atoms with Gasteiger partial charge >= 0.3 is 0 Å². The molecule has 0 saturated carbocycles. The van der Waals surface area contributed by atoms with E-state index < -0.39 is 28.5 Å². The number of hydrogen-bond donors (Lipinski definition) is 1. The minimum atomic E-state index is -4.09. The summed E-state index contributed by atoms with van der Waals surface area (Å²) in [5.74, 6) is -0.847. The van der Waals surface area contributed by atoms with Crippen LogP contribution in [0.4, 0.5) is 5.69 Å². The van der Waals surface area contributed by atoms with Gasteiger partial charge in [0.2, 0.25) is 11.8 Å². The van der Waals surface area contributed by atoms with E-state index >= 15 is 0 Å². The second-order valence-corrected chi connectivity index (χ2v) is 11.1. The van der Waals surface area contributed by atoms with Gasteiger partial charge in [0.15, 0.2) is 0 Å². The summed E-state index contributed by atoms with van der Waals surface area (Å²) in [6.07, 6.45) is 0. The molecule has 2 amide bonds. The van der Waals surface area contributed by atoms with Crippen molar-refractivity contribution in [3.63, 3.8) is 0 Å². The Labute approximate surface area is 224 Å². The van der Waals surface area contributed by atoms with Crippen LogP contribution in [-0.4, -0.2) is 44.3 Å². The first-order valence-electron chi connectivity index (χ1n) is 12.0. The summed E-state index contributed by atoms with van der Waals surface area (Å²) in [6.45, 7) is 7.15. The molecule has 1 N–H and O–H groups in total. The highest BCUT2D eigenvalue weighted by atomic mass is 35.5. The van der Waals surface area contributed by atoms with Gasteiger partial charge in [0.05, 0.1) is 10.6 Å². The van der Waals surface area contributed by atoms with Crippen molar-refractivity contribution in [2.75, 3.05) is 17.4 Å². The largest absolute Gasteiger partial charge is 0.355 e. The van der Waals surface area contributed by atoms with Crippen LogP contribution in [0.2, 0.25) is 5.02 Å². The lowest BCUT2D eigenvalue weighted by Gasteiger charge is -2.32. The Morgan fingerprint density at radius 3 is 2.30 bits per heavy atom. The molecule has 37 heavy (non-hydrogen) atoms. The number of benzene rings is 3.